The highest BCUT2D eigenvalue weighted by Crippen LogP contribution is 2.29. The van der Waals surface area contributed by atoms with Gasteiger partial charge in [0.05, 0.1) is 19.1 Å². The first kappa shape index (κ1) is 14.1. The fourth-order valence-corrected chi connectivity index (χ4v) is 1.43. The molecule has 1 aromatic carbocycles. The highest BCUT2D eigenvalue weighted by molar-refractivity contribution is 6.30. The maximum atomic E-state index is 11.9. The van der Waals surface area contributed by atoms with Crippen LogP contribution in [0.4, 0.5) is 13.2 Å². The maximum absolute atomic E-state index is 11.9. The number of ether oxygens (including phenoxy) is 1. The molecule has 0 fully saturated rings. The van der Waals surface area contributed by atoms with E-state index < -0.39 is 25.3 Å². The zero-order valence-corrected chi connectivity index (χ0v) is 9.85. The van der Waals surface area contributed by atoms with E-state index in [1.807, 2.05) is 0 Å². The average molecular weight is 269 g/mol. The first-order valence-corrected chi connectivity index (χ1v) is 5.34. The minimum atomic E-state index is -4.25. The van der Waals surface area contributed by atoms with Gasteiger partial charge in [-0.05, 0) is 25.1 Å². The lowest BCUT2D eigenvalue weighted by molar-refractivity contribution is -0.139. The Kier molecular flexibility index (Phi) is 4.65. The summed E-state index contributed by atoms with van der Waals surface area (Å²) in [6.45, 7) is 1.01. The maximum Gasteiger partial charge on any atom is 0.392 e. The summed E-state index contributed by atoms with van der Waals surface area (Å²) in [6, 6.07) is 4.41. The fourth-order valence-electron chi connectivity index (χ4n) is 1.25. The van der Waals surface area contributed by atoms with E-state index in [4.69, 9.17) is 16.3 Å². The Morgan fingerprint density at radius 1 is 1.41 bits per heavy atom. The van der Waals surface area contributed by atoms with Crippen LogP contribution in [0.2, 0.25) is 5.02 Å². The van der Waals surface area contributed by atoms with Crippen molar-refractivity contribution in [1.29, 1.82) is 0 Å². The Hall–Kier alpha value is -0.940. The molecule has 0 aromatic heterocycles. The van der Waals surface area contributed by atoms with Gasteiger partial charge < -0.3 is 9.84 Å². The zero-order chi connectivity index (χ0) is 13.1. The van der Waals surface area contributed by atoms with Crippen molar-refractivity contribution < 1.29 is 23.0 Å². The summed E-state index contributed by atoms with van der Waals surface area (Å²) in [5, 5.41) is 9.82. The molecule has 0 saturated heterocycles. The van der Waals surface area contributed by atoms with Crippen molar-refractivity contribution in [3.05, 3.63) is 28.8 Å². The molecule has 1 unspecified atom stereocenters. The molecule has 6 heteroatoms. The van der Waals surface area contributed by atoms with Crippen molar-refractivity contribution >= 4 is 11.6 Å². The van der Waals surface area contributed by atoms with E-state index in [2.05, 4.69) is 0 Å². The summed E-state index contributed by atoms with van der Waals surface area (Å²) in [5.41, 5.74) is 0.375. The van der Waals surface area contributed by atoms with Crippen LogP contribution in [0.3, 0.4) is 0 Å². The summed E-state index contributed by atoms with van der Waals surface area (Å²) in [4.78, 5) is 0. The monoisotopic (exact) mass is 268 g/mol. The van der Waals surface area contributed by atoms with Gasteiger partial charge in [-0.25, -0.2) is 0 Å². The van der Waals surface area contributed by atoms with Gasteiger partial charge in [0.2, 0.25) is 0 Å². The van der Waals surface area contributed by atoms with E-state index in [9.17, 15) is 18.3 Å². The summed E-state index contributed by atoms with van der Waals surface area (Å²) in [6.07, 6.45) is -6.14. The van der Waals surface area contributed by atoms with Crippen LogP contribution >= 0.6 is 11.6 Å². The summed E-state index contributed by atoms with van der Waals surface area (Å²) in [7, 11) is 0. The number of aliphatic hydroxyl groups excluding tert-OH is 1. The predicted molar refractivity (Wildman–Crippen MR) is 58.3 cm³/mol. The second kappa shape index (κ2) is 5.60. The molecular formula is C11H12ClF3O2. The number of hydrogen-bond acceptors (Lipinski definition) is 2. The van der Waals surface area contributed by atoms with Gasteiger partial charge in [0, 0.05) is 10.6 Å². The van der Waals surface area contributed by atoms with Gasteiger partial charge in [0.1, 0.15) is 5.75 Å². The summed E-state index contributed by atoms with van der Waals surface area (Å²) in [5.74, 6) is 0.216. The minimum absolute atomic E-state index is 0.216. The number of rotatable bonds is 4. The molecule has 0 bridgehead atoms. The molecule has 17 heavy (non-hydrogen) atoms. The molecule has 1 N–H and O–H groups in total. The van der Waals surface area contributed by atoms with Crippen LogP contribution < -0.4 is 4.74 Å². The van der Waals surface area contributed by atoms with Crippen LogP contribution in [-0.4, -0.2) is 17.9 Å². The molecule has 0 spiro atoms. The van der Waals surface area contributed by atoms with Gasteiger partial charge in [-0.3, -0.25) is 0 Å². The Morgan fingerprint density at radius 2 is 2.06 bits per heavy atom. The summed E-state index contributed by atoms with van der Waals surface area (Å²) < 4.78 is 40.8. The van der Waals surface area contributed by atoms with Gasteiger partial charge in [0.15, 0.2) is 0 Å². The molecule has 0 aliphatic carbocycles. The number of aliphatic hydroxyl groups is 1. The van der Waals surface area contributed by atoms with E-state index in [0.717, 1.165) is 0 Å². The Bertz CT molecular complexity index is 377. The highest BCUT2D eigenvalue weighted by Gasteiger charge is 2.27. The predicted octanol–water partition coefficient (Wildman–Crippen LogP) is 3.72. The van der Waals surface area contributed by atoms with Crippen molar-refractivity contribution in [1.82, 2.24) is 0 Å². The number of hydrogen-bond donors (Lipinski definition) is 1. The number of halogens is 4. The van der Waals surface area contributed by atoms with Crippen LogP contribution in [0, 0.1) is 0 Å². The highest BCUT2D eigenvalue weighted by atomic mass is 35.5. The molecule has 2 nitrogen and oxygen atoms in total. The standard InChI is InChI=1S/C11H12ClF3O2/c1-7(16)9-6-8(12)2-3-10(9)17-5-4-11(13,14)15/h2-3,6-7,16H,4-5H2,1H3. The minimum Gasteiger partial charge on any atom is -0.493 e. The van der Waals surface area contributed by atoms with Crippen LogP contribution in [0.1, 0.15) is 25.0 Å². The molecule has 0 amide bonds. The largest absolute Gasteiger partial charge is 0.493 e. The van der Waals surface area contributed by atoms with E-state index in [1.54, 1.807) is 0 Å². The normalized spacial score (nSPS) is 13.5. The van der Waals surface area contributed by atoms with Gasteiger partial charge >= 0.3 is 6.18 Å². The molecule has 0 aliphatic heterocycles. The van der Waals surface area contributed by atoms with E-state index in [-0.39, 0.29) is 5.75 Å². The molecule has 0 radical (unpaired) electrons. The molecule has 1 aromatic rings. The lowest BCUT2D eigenvalue weighted by Gasteiger charge is -2.14. The third-order valence-corrected chi connectivity index (χ3v) is 2.30. The average Bonchev–Trinajstić information content (AvgIpc) is 2.18. The van der Waals surface area contributed by atoms with Gasteiger partial charge in [-0.1, -0.05) is 11.6 Å². The lowest BCUT2D eigenvalue weighted by Crippen LogP contribution is -2.13. The van der Waals surface area contributed by atoms with E-state index in [1.165, 1.54) is 25.1 Å². The van der Waals surface area contributed by atoms with Crippen molar-refractivity contribution in [3.63, 3.8) is 0 Å². The topological polar surface area (TPSA) is 29.5 Å². The molecular weight excluding hydrogens is 257 g/mol. The molecule has 0 saturated carbocycles. The number of alkyl halides is 3. The third kappa shape index (κ3) is 4.83. The van der Waals surface area contributed by atoms with Crippen LogP contribution in [0.15, 0.2) is 18.2 Å². The van der Waals surface area contributed by atoms with Crippen LogP contribution in [0.25, 0.3) is 0 Å². The Morgan fingerprint density at radius 3 is 2.59 bits per heavy atom. The van der Waals surface area contributed by atoms with E-state index >= 15 is 0 Å². The third-order valence-electron chi connectivity index (χ3n) is 2.07. The smallest absolute Gasteiger partial charge is 0.392 e. The van der Waals surface area contributed by atoms with Crippen molar-refractivity contribution in [2.24, 2.45) is 0 Å². The van der Waals surface area contributed by atoms with Crippen molar-refractivity contribution in [2.75, 3.05) is 6.61 Å². The second-order valence-corrected chi connectivity index (χ2v) is 4.01. The Labute approximate surface area is 102 Å². The first-order chi connectivity index (χ1) is 7.79. The first-order valence-electron chi connectivity index (χ1n) is 4.96. The van der Waals surface area contributed by atoms with Gasteiger partial charge in [-0.15, -0.1) is 0 Å². The molecule has 0 aliphatic rings. The zero-order valence-electron chi connectivity index (χ0n) is 9.09. The van der Waals surface area contributed by atoms with Gasteiger partial charge in [0.25, 0.3) is 0 Å². The van der Waals surface area contributed by atoms with Crippen LogP contribution in [-0.2, 0) is 0 Å². The van der Waals surface area contributed by atoms with Crippen molar-refractivity contribution in [3.8, 4) is 5.75 Å². The molecule has 1 atom stereocenters. The molecule has 1 rings (SSSR count). The summed E-state index contributed by atoms with van der Waals surface area (Å²) >= 11 is 5.72. The number of benzene rings is 1. The fraction of sp³-hybridized carbons (Fsp3) is 0.455. The quantitative estimate of drug-likeness (QED) is 0.902. The molecule has 96 valence electrons. The second-order valence-electron chi connectivity index (χ2n) is 3.57. The van der Waals surface area contributed by atoms with Gasteiger partial charge in [-0.2, -0.15) is 13.2 Å². The van der Waals surface area contributed by atoms with E-state index in [0.29, 0.717) is 10.6 Å². The Balaban J connectivity index is 2.70. The van der Waals surface area contributed by atoms with Crippen molar-refractivity contribution in [2.45, 2.75) is 25.6 Å². The SMILES string of the molecule is CC(O)c1cc(Cl)ccc1OCCC(F)(F)F. The lowest BCUT2D eigenvalue weighted by atomic mass is 10.1. The van der Waals surface area contributed by atoms with Crippen LogP contribution in [0.5, 0.6) is 5.75 Å². The molecule has 0 heterocycles.